The Labute approximate surface area is 192 Å². The van der Waals surface area contributed by atoms with Crippen LogP contribution in [0.15, 0.2) is 42.5 Å². The third kappa shape index (κ3) is 4.48. The van der Waals surface area contributed by atoms with E-state index in [4.69, 9.17) is 5.41 Å². The molecule has 2 aromatic carbocycles. The first-order chi connectivity index (χ1) is 15.7. The van der Waals surface area contributed by atoms with Crippen LogP contribution in [-0.2, 0) is 17.8 Å². The average Bonchev–Trinajstić information content (AvgIpc) is 3.10. The van der Waals surface area contributed by atoms with Crippen molar-refractivity contribution in [2.75, 3.05) is 0 Å². The summed E-state index contributed by atoms with van der Waals surface area (Å²) >= 11 is 0. The van der Waals surface area contributed by atoms with Crippen LogP contribution in [0, 0.1) is 11.2 Å². The number of nitrogens with zero attached hydrogens (tertiary/aromatic N) is 1. The van der Waals surface area contributed by atoms with Gasteiger partial charge >= 0.3 is 0 Å². The van der Waals surface area contributed by atoms with Gasteiger partial charge in [0.2, 0.25) is 5.91 Å². The van der Waals surface area contributed by atoms with Crippen molar-refractivity contribution in [3.63, 3.8) is 0 Å². The van der Waals surface area contributed by atoms with Crippen LogP contribution in [0.4, 0.5) is 4.39 Å². The van der Waals surface area contributed by atoms with Gasteiger partial charge in [0, 0.05) is 17.5 Å². The summed E-state index contributed by atoms with van der Waals surface area (Å²) in [6.07, 6.45) is 1.34. The van der Waals surface area contributed by atoms with Gasteiger partial charge in [0.25, 0.3) is 5.91 Å². The van der Waals surface area contributed by atoms with Gasteiger partial charge in [-0.15, -0.1) is 0 Å². The van der Waals surface area contributed by atoms with Crippen molar-refractivity contribution in [1.29, 1.82) is 5.41 Å². The molecule has 2 aliphatic rings. The van der Waals surface area contributed by atoms with E-state index in [1.54, 1.807) is 30.3 Å². The maximum Gasteiger partial charge on any atom is 0.251 e. The Morgan fingerprint density at radius 3 is 2.73 bits per heavy atom. The molecule has 2 amide bonds. The lowest BCUT2D eigenvalue weighted by molar-refractivity contribution is -0.131. The Bertz CT molecular complexity index is 1080. The van der Waals surface area contributed by atoms with Crippen molar-refractivity contribution in [2.24, 2.45) is 0 Å². The SMILES string of the molecule is CCC1(CC)CC(=O)N(Cc2cccc(C(=O)NC3c4cc(F)ccc4CC3O)c2)C(=N)N1. The van der Waals surface area contributed by atoms with Gasteiger partial charge in [-0.1, -0.05) is 32.0 Å². The maximum absolute atomic E-state index is 13.7. The zero-order chi connectivity index (χ0) is 23.8. The fraction of sp³-hybridized carbons (Fsp3) is 0.400. The van der Waals surface area contributed by atoms with E-state index in [0.29, 0.717) is 29.5 Å². The molecule has 1 heterocycles. The molecule has 0 saturated carbocycles. The Morgan fingerprint density at radius 1 is 1.27 bits per heavy atom. The van der Waals surface area contributed by atoms with Crippen molar-refractivity contribution >= 4 is 17.8 Å². The minimum atomic E-state index is -0.830. The smallest absolute Gasteiger partial charge is 0.251 e. The predicted octanol–water partition coefficient (Wildman–Crippen LogP) is 3.03. The Kier molecular flexibility index (Phi) is 6.21. The summed E-state index contributed by atoms with van der Waals surface area (Å²) in [4.78, 5) is 27.1. The van der Waals surface area contributed by atoms with Gasteiger partial charge in [-0.25, -0.2) is 4.39 Å². The first-order valence-electron chi connectivity index (χ1n) is 11.3. The Morgan fingerprint density at radius 2 is 2.03 bits per heavy atom. The Hall–Kier alpha value is -3.26. The molecule has 8 heteroatoms. The molecule has 2 aromatic rings. The molecule has 0 aromatic heterocycles. The van der Waals surface area contributed by atoms with Crippen molar-refractivity contribution in [3.8, 4) is 0 Å². The van der Waals surface area contributed by atoms with E-state index in [1.165, 1.54) is 17.0 Å². The Balaban J connectivity index is 1.48. The highest BCUT2D eigenvalue weighted by atomic mass is 19.1. The van der Waals surface area contributed by atoms with Crippen LogP contribution in [0.2, 0.25) is 0 Å². The first-order valence-corrected chi connectivity index (χ1v) is 11.3. The summed E-state index contributed by atoms with van der Waals surface area (Å²) in [5.41, 5.74) is 2.09. The second kappa shape index (κ2) is 8.94. The molecule has 174 valence electrons. The zero-order valence-electron chi connectivity index (χ0n) is 18.8. The number of aliphatic hydroxyl groups is 1. The fourth-order valence-corrected chi connectivity index (χ4v) is 4.70. The number of carbonyl (C=O) groups excluding carboxylic acids is 2. The second-order valence-corrected chi connectivity index (χ2v) is 8.88. The number of benzene rings is 2. The van der Waals surface area contributed by atoms with Gasteiger partial charge in [0.1, 0.15) is 5.82 Å². The maximum atomic E-state index is 13.7. The van der Waals surface area contributed by atoms with Gasteiger partial charge < -0.3 is 15.7 Å². The summed E-state index contributed by atoms with van der Waals surface area (Å²) in [5.74, 6) is -0.865. The number of guanidine groups is 1. The lowest BCUT2D eigenvalue weighted by Crippen LogP contribution is -2.61. The van der Waals surface area contributed by atoms with Crippen LogP contribution in [0.1, 0.15) is 66.2 Å². The number of aliphatic hydroxyl groups excluding tert-OH is 1. The molecule has 1 fully saturated rings. The molecule has 4 rings (SSSR count). The normalized spacial score (nSPS) is 21.5. The summed E-state index contributed by atoms with van der Waals surface area (Å²) in [6.45, 7) is 4.18. The third-order valence-corrected chi connectivity index (χ3v) is 6.87. The molecular formula is C25H29FN4O3. The number of hydrogen-bond acceptors (Lipinski definition) is 4. The van der Waals surface area contributed by atoms with E-state index in [-0.39, 0.29) is 24.0 Å². The van der Waals surface area contributed by atoms with E-state index in [2.05, 4.69) is 10.6 Å². The monoisotopic (exact) mass is 452 g/mol. The minimum absolute atomic E-state index is 0.0671. The van der Waals surface area contributed by atoms with Crippen LogP contribution in [-0.4, -0.2) is 39.4 Å². The summed E-state index contributed by atoms with van der Waals surface area (Å²) in [7, 11) is 0. The molecule has 0 radical (unpaired) electrons. The quantitative estimate of drug-likeness (QED) is 0.541. The van der Waals surface area contributed by atoms with E-state index >= 15 is 0 Å². The van der Waals surface area contributed by atoms with Crippen molar-refractivity contribution in [2.45, 2.75) is 63.8 Å². The predicted molar refractivity (Wildman–Crippen MR) is 122 cm³/mol. The number of amides is 2. The fourth-order valence-electron chi connectivity index (χ4n) is 4.70. The highest BCUT2D eigenvalue weighted by molar-refractivity contribution is 5.99. The average molecular weight is 453 g/mol. The second-order valence-electron chi connectivity index (χ2n) is 8.88. The molecule has 33 heavy (non-hydrogen) atoms. The van der Waals surface area contributed by atoms with Crippen LogP contribution in [0.25, 0.3) is 0 Å². The molecular weight excluding hydrogens is 423 g/mol. The number of fused-ring (bicyclic) bond motifs is 1. The molecule has 2 atom stereocenters. The van der Waals surface area contributed by atoms with Gasteiger partial charge in [0.15, 0.2) is 5.96 Å². The van der Waals surface area contributed by atoms with Crippen molar-refractivity contribution in [1.82, 2.24) is 15.5 Å². The standard InChI is InChI=1S/C25H29FN4O3/c1-3-25(4-2)13-21(32)30(24(27)29-25)14-15-6-5-7-17(10-15)23(33)28-22-19-12-18(26)9-8-16(19)11-20(22)31/h5-10,12,20,22,31H,3-4,11,13-14H2,1-2H3,(H2,27,29)(H,28,33). The van der Waals surface area contributed by atoms with E-state index in [1.807, 2.05) is 13.8 Å². The molecule has 2 unspecified atom stereocenters. The van der Waals surface area contributed by atoms with Crippen LogP contribution >= 0.6 is 0 Å². The largest absolute Gasteiger partial charge is 0.390 e. The highest BCUT2D eigenvalue weighted by Gasteiger charge is 2.39. The third-order valence-electron chi connectivity index (χ3n) is 6.87. The topological polar surface area (TPSA) is 106 Å². The minimum Gasteiger partial charge on any atom is -0.390 e. The zero-order valence-corrected chi connectivity index (χ0v) is 18.8. The van der Waals surface area contributed by atoms with Gasteiger partial charge in [-0.2, -0.15) is 0 Å². The molecule has 0 spiro atoms. The van der Waals surface area contributed by atoms with Crippen LogP contribution in [0.3, 0.4) is 0 Å². The molecule has 1 aliphatic carbocycles. The lowest BCUT2D eigenvalue weighted by atomic mass is 9.87. The molecule has 1 saturated heterocycles. The van der Waals surface area contributed by atoms with E-state index in [9.17, 15) is 19.1 Å². The highest BCUT2D eigenvalue weighted by Crippen LogP contribution is 2.32. The van der Waals surface area contributed by atoms with Crippen molar-refractivity contribution in [3.05, 3.63) is 70.5 Å². The summed E-state index contributed by atoms with van der Waals surface area (Å²) < 4.78 is 13.7. The van der Waals surface area contributed by atoms with E-state index in [0.717, 1.165) is 18.4 Å². The lowest BCUT2D eigenvalue weighted by Gasteiger charge is -2.42. The number of rotatable bonds is 6. The first kappa shape index (κ1) is 22.9. The number of halogens is 1. The van der Waals surface area contributed by atoms with Gasteiger partial charge in [-0.05, 0) is 53.8 Å². The number of hydrogen-bond donors (Lipinski definition) is 4. The number of nitrogens with one attached hydrogen (secondary N) is 3. The number of carbonyl (C=O) groups is 2. The molecule has 7 nitrogen and oxygen atoms in total. The van der Waals surface area contributed by atoms with Crippen LogP contribution < -0.4 is 10.6 Å². The molecule has 4 N–H and O–H groups in total. The summed E-state index contributed by atoms with van der Waals surface area (Å²) in [5, 5.41) is 24.7. The van der Waals surface area contributed by atoms with Gasteiger partial charge in [0.05, 0.1) is 25.1 Å². The summed E-state index contributed by atoms with van der Waals surface area (Å²) in [6, 6.07) is 10.5. The molecule has 1 aliphatic heterocycles. The van der Waals surface area contributed by atoms with Gasteiger partial charge in [-0.3, -0.25) is 19.9 Å². The van der Waals surface area contributed by atoms with E-state index < -0.39 is 23.9 Å². The van der Waals surface area contributed by atoms with Crippen LogP contribution in [0.5, 0.6) is 0 Å². The van der Waals surface area contributed by atoms with Crippen molar-refractivity contribution < 1.29 is 19.1 Å². The molecule has 0 bridgehead atoms.